The molecular weight excluding hydrogens is 789 g/mol. The molecule has 0 aliphatic heterocycles. The molecule has 0 N–H and O–H groups in total. The van der Waals surface area contributed by atoms with Crippen LogP contribution in [0.2, 0.25) is 0 Å². The molecule has 0 amide bonds. The van der Waals surface area contributed by atoms with Crippen molar-refractivity contribution in [2.24, 2.45) is 0 Å². The fourth-order valence-corrected chi connectivity index (χ4v) is 9.34. The van der Waals surface area contributed by atoms with Crippen molar-refractivity contribution >= 4 is 82.4 Å². The summed E-state index contributed by atoms with van der Waals surface area (Å²) in [5.41, 5.74) is 7.95. The number of fused-ring (bicyclic) bond motifs is 9. The van der Waals surface area contributed by atoms with Crippen LogP contribution in [0, 0.1) is 0 Å². The molecule has 304 valence electrons. The van der Waals surface area contributed by atoms with Crippen LogP contribution in [0.1, 0.15) is 15.1 Å². The monoisotopic (exact) mass is 839 g/mol. The zero-order valence-corrected chi connectivity index (χ0v) is 34.5. The van der Waals surface area contributed by atoms with Crippen molar-refractivity contribution in [3.05, 3.63) is 242 Å². The molecule has 0 fully saturated rings. The number of nitrogens with zero attached hydrogens (tertiary/aromatic N) is 2. The largest absolute Gasteiger partial charge is 0.455 e. The normalized spacial score (nSPS) is 14.1. The van der Waals surface area contributed by atoms with E-state index in [1.54, 1.807) is 4.90 Å². The molecule has 13 rings (SSSR count). The van der Waals surface area contributed by atoms with E-state index in [1.165, 1.54) is 0 Å². The highest BCUT2D eigenvalue weighted by Crippen LogP contribution is 2.44. The van der Waals surface area contributed by atoms with Crippen LogP contribution in [0.5, 0.6) is 0 Å². The first-order valence-corrected chi connectivity index (χ1v) is 21.4. The van der Waals surface area contributed by atoms with Gasteiger partial charge in [-0.2, -0.15) is 0 Å². The van der Waals surface area contributed by atoms with Gasteiger partial charge in [0, 0.05) is 49.6 Å². The molecule has 0 saturated carbocycles. The van der Waals surface area contributed by atoms with Crippen molar-refractivity contribution in [3.63, 3.8) is 0 Å². The molecule has 11 aromatic carbocycles. The summed E-state index contributed by atoms with van der Waals surface area (Å²) in [6.07, 6.45) is 0. The van der Waals surface area contributed by atoms with E-state index in [9.17, 15) is 5.48 Å². The van der Waals surface area contributed by atoms with Gasteiger partial charge < -0.3 is 13.9 Å². The van der Waals surface area contributed by atoms with Crippen molar-refractivity contribution in [1.29, 1.82) is 0 Å². The maximum Gasteiger partial charge on any atom is 0.143 e. The van der Waals surface area contributed by atoms with Crippen molar-refractivity contribution in [2.45, 2.75) is 0 Å². The smallest absolute Gasteiger partial charge is 0.143 e. The molecular formula is C62H40N2O. The first-order chi connectivity index (χ1) is 36.8. The van der Waals surface area contributed by atoms with Gasteiger partial charge >= 0.3 is 0 Å². The van der Waals surface area contributed by atoms with Gasteiger partial charge in [-0.25, -0.2) is 0 Å². The molecule has 0 unspecified atom stereocenters. The van der Waals surface area contributed by atoms with Gasteiger partial charge in [0.05, 0.1) is 31.8 Å². The standard InChI is InChI=1S/C62H40N2O/c1-3-18-50-42(13-1)15-12-23-51(50)44-29-35-48(36-30-44)63(58-24-8-5-19-52(58)46-32-38-61-57(40-46)56-37-31-43-14-2-4-20-53(43)62(56)65-61)47-33-27-41(28-34-47)45-16-11-17-49(39-45)64-59-25-9-6-21-54(59)55-22-7-10-26-60(55)64/h1-40H/i1D,3D,12D,13D,15D,18D,23D,29D,30D,35D,36D. The van der Waals surface area contributed by atoms with Crippen LogP contribution in [0.15, 0.2) is 247 Å². The first kappa shape index (κ1) is 27.4. The highest BCUT2D eigenvalue weighted by molar-refractivity contribution is 6.16. The lowest BCUT2D eigenvalue weighted by Crippen LogP contribution is -2.11. The number of aromatic nitrogens is 1. The van der Waals surface area contributed by atoms with E-state index >= 15 is 0 Å². The predicted octanol–water partition coefficient (Wildman–Crippen LogP) is 17.5. The highest BCUT2D eigenvalue weighted by atomic mass is 16.3. The van der Waals surface area contributed by atoms with Crippen molar-refractivity contribution in [3.8, 4) is 39.1 Å². The Hall–Kier alpha value is -8.66. The Labute approximate surface area is 391 Å². The topological polar surface area (TPSA) is 21.3 Å². The average molecular weight is 840 g/mol. The molecule has 0 saturated heterocycles. The molecule has 0 bridgehead atoms. The second-order valence-corrected chi connectivity index (χ2v) is 16.0. The van der Waals surface area contributed by atoms with Crippen molar-refractivity contribution < 1.29 is 19.5 Å². The minimum Gasteiger partial charge on any atom is -0.455 e. The minimum atomic E-state index is -0.680. The molecule has 0 aliphatic carbocycles. The summed E-state index contributed by atoms with van der Waals surface area (Å²) in [5, 5.41) is 5.45. The van der Waals surface area contributed by atoms with Crippen molar-refractivity contribution in [1.82, 2.24) is 4.57 Å². The lowest BCUT2D eigenvalue weighted by molar-refractivity contribution is 0.672. The Morgan fingerprint density at radius 1 is 0.385 bits per heavy atom. The van der Waals surface area contributed by atoms with E-state index in [0.29, 0.717) is 22.5 Å². The van der Waals surface area contributed by atoms with Gasteiger partial charge in [-0.05, 0) is 117 Å². The molecule has 2 heterocycles. The van der Waals surface area contributed by atoms with Gasteiger partial charge in [0.25, 0.3) is 0 Å². The Bertz CT molecular complexity index is 4530. The Kier molecular flexibility index (Phi) is 6.33. The van der Waals surface area contributed by atoms with Crippen molar-refractivity contribution in [2.75, 3.05) is 4.90 Å². The van der Waals surface area contributed by atoms with Crippen LogP contribution in [-0.4, -0.2) is 4.57 Å². The quantitative estimate of drug-likeness (QED) is 0.159. The Balaban J connectivity index is 1.01. The zero-order chi connectivity index (χ0) is 52.4. The third-order valence-corrected chi connectivity index (χ3v) is 12.4. The zero-order valence-electron chi connectivity index (χ0n) is 45.5. The predicted molar refractivity (Wildman–Crippen MR) is 274 cm³/mol. The summed E-state index contributed by atoms with van der Waals surface area (Å²) in [7, 11) is 0. The Morgan fingerprint density at radius 2 is 1.09 bits per heavy atom. The van der Waals surface area contributed by atoms with Crippen LogP contribution < -0.4 is 4.90 Å². The van der Waals surface area contributed by atoms with E-state index < -0.39 is 72.0 Å². The fraction of sp³-hybridized carbons (Fsp3) is 0. The summed E-state index contributed by atoms with van der Waals surface area (Å²) in [6.45, 7) is 0. The van der Waals surface area contributed by atoms with Crippen LogP contribution >= 0.6 is 0 Å². The maximum absolute atomic E-state index is 9.86. The van der Waals surface area contributed by atoms with E-state index in [4.69, 9.17) is 14.0 Å². The number of anilines is 3. The molecule has 13 aromatic rings. The van der Waals surface area contributed by atoms with E-state index in [-0.39, 0.29) is 22.0 Å². The summed E-state index contributed by atoms with van der Waals surface area (Å²) in [6, 6.07) is 51.5. The highest BCUT2D eigenvalue weighted by Gasteiger charge is 2.20. The fourth-order valence-electron chi connectivity index (χ4n) is 9.34. The van der Waals surface area contributed by atoms with Crippen LogP contribution in [0.3, 0.4) is 0 Å². The molecule has 0 spiro atoms. The molecule has 65 heavy (non-hydrogen) atoms. The molecule has 0 radical (unpaired) electrons. The van der Waals surface area contributed by atoms with Crippen LogP contribution in [-0.2, 0) is 0 Å². The van der Waals surface area contributed by atoms with Gasteiger partial charge in [-0.1, -0.05) is 170 Å². The van der Waals surface area contributed by atoms with Crippen LogP contribution in [0.25, 0.3) is 104 Å². The lowest BCUT2D eigenvalue weighted by Gasteiger charge is -2.28. The molecule has 3 nitrogen and oxygen atoms in total. The summed E-state index contributed by atoms with van der Waals surface area (Å²) >= 11 is 0. The first-order valence-electron chi connectivity index (χ1n) is 26.9. The Morgan fingerprint density at radius 3 is 1.92 bits per heavy atom. The number of hydrogen-bond donors (Lipinski definition) is 0. The summed E-state index contributed by atoms with van der Waals surface area (Å²) in [4.78, 5) is 1.69. The molecule has 2 aromatic heterocycles. The van der Waals surface area contributed by atoms with Crippen LogP contribution in [0.4, 0.5) is 17.1 Å². The number of hydrogen-bond acceptors (Lipinski definition) is 2. The van der Waals surface area contributed by atoms with Gasteiger partial charge in [0.15, 0.2) is 0 Å². The number of rotatable bonds is 7. The van der Waals surface area contributed by atoms with Gasteiger partial charge in [-0.3, -0.25) is 0 Å². The number of furan rings is 1. The molecule has 0 aliphatic rings. The summed E-state index contributed by atoms with van der Waals surface area (Å²) < 4.78 is 109. The second-order valence-electron chi connectivity index (χ2n) is 16.0. The third-order valence-electron chi connectivity index (χ3n) is 12.4. The minimum absolute atomic E-state index is 0.130. The van der Waals surface area contributed by atoms with E-state index in [2.05, 4.69) is 59.2 Å². The van der Waals surface area contributed by atoms with E-state index in [1.807, 2.05) is 121 Å². The average Bonchev–Trinajstić information content (AvgIpc) is 4.15. The van der Waals surface area contributed by atoms with Gasteiger partial charge in [-0.15, -0.1) is 0 Å². The molecule has 0 atom stereocenters. The maximum atomic E-state index is 9.86. The lowest BCUT2D eigenvalue weighted by atomic mass is 9.97. The van der Waals surface area contributed by atoms with E-state index in [0.717, 1.165) is 71.3 Å². The SMILES string of the molecule is [2H]c1c([2H])c(N(c2ccc(-c3cccc(-n4c5ccccc5c5ccccc54)c3)cc2)c2ccccc2-c2ccc3oc4c5ccccc5ccc4c3c2)c([2H])c([2H])c1-c1c([2H])c([2H])c([2H])c2c([2H])c([2H])c([2H])c([2H])c12. The van der Waals surface area contributed by atoms with Gasteiger partial charge in [0.1, 0.15) is 11.2 Å². The second kappa shape index (κ2) is 15.0. The number of para-hydroxylation sites is 3. The number of benzene rings is 11. The third kappa shape index (κ3) is 6.12. The molecule has 3 heteroatoms. The van der Waals surface area contributed by atoms with Gasteiger partial charge in [0.2, 0.25) is 0 Å². The summed E-state index contributed by atoms with van der Waals surface area (Å²) in [5.74, 6) is 0.